The minimum absolute atomic E-state index is 0.163. The highest BCUT2D eigenvalue weighted by atomic mass is 19.2. The van der Waals surface area contributed by atoms with Crippen LogP contribution < -0.4 is 5.32 Å². The summed E-state index contributed by atoms with van der Waals surface area (Å²) in [5.41, 5.74) is -0.424. The molecule has 1 aromatic rings. The van der Waals surface area contributed by atoms with E-state index in [9.17, 15) is 18.0 Å². The van der Waals surface area contributed by atoms with Crippen LogP contribution in [-0.4, -0.2) is 36.5 Å². The third-order valence-electron chi connectivity index (χ3n) is 3.79. The Morgan fingerprint density at radius 3 is 2.67 bits per heavy atom. The second-order valence-corrected chi connectivity index (χ2v) is 5.21. The third-order valence-corrected chi connectivity index (χ3v) is 3.79. The molecule has 1 heterocycles. The lowest BCUT2D eigenvalue weighted by Crippen LogP contribution is -2.45. The van der Waals surface area contributed by atoms with Gasteiger partial charge in [0, 0.05) is 19.1 Å². The van der Waals surface area contributed by atoms with Crippen molar-refractivity contribution >= 4 is 5.91 Å². The molecule has 1 aromatic carbocycles. The predicted molar refractivity (Wildman–Crippen MR) is 73.5 cm³/mol. The molecule has 2 rings (SSSR count). The van der Waals surface area contributed by atoms with Gasteiger partial charge in [-0.15, -0.1) is 0 Å². The zero-order chi connectivity index (χ0) is 15.4. The number of hydrogen-bond acceptors (Lipinski definition) is 2. The Balaban J connectivity index is 2.14. The molecule has 0 spiro atoms. The van der Waals surface area contributed by atoms with E-state index in [4.69, 9.17) is 0 Å². The van der Waals surface area contributed by atoms with Crippen LogP contribution in [0.25, 0.3) is 0 Å². The average Bonchev–Trinajstić information content (AvgIpc) is 2.51. The number of piperidine rings is 1. The Labute approximate surface area is 122 Å². The van der Waals surface area contributed by atoms with Gasteiger partial charge < -0.3 is 10.2 Å². The van der Waals surface area contributed by atoms with Crippen molar-refractivity contribution in [3.8, 4) is 0 Å². The summed E-state index contributed by atoms with van der Waals surface area (Å²) in [5, 5.41) is 3.30. The number of hydrogen-bond donors (Lipinski definition) is 1. The van der Waals surface area contributed by atoms with Gasteiger partial charge in [0.1, 0.15) is 0 Å². The van der Waals surface area contributed by atoms with Crippen LogP contribution in [-0.2, 0) is 0 Å². The topological polar surface area (TPSA) is 32.3 Å². The molecular weight excluding hydrogens is 281 g/mol. The summed E-state index contributed by atoms with van der Waals surface area (Å²) in [5.74, 6) is -4.93. The van der Waals surface area contributed by atoms with Crippen LogP contribution in [0.2, 0.25) is 0 Å². The first kappa shape index (κ1) is 15.8. The smallest absolute Gasteiger partial charge is 0.256 e. The van der Waals surface area contributed by atoms with E-state index in [1.165, 1.54) is 4.90 Å². The van der Waals surface area contributed by atoms with Crippen molar-refractivity contribution in [2.24, 2.45) is 0 Å². The molecule has 1 unspecified atom stereocenters. The maximum Gasteiger partial charge on any atom is 0.256 e. The van der Waals surface area contributed by atoms with Crippen molar-refractivity contribution in [2.75, 3.05) is 19.6 Å². The maximum atomic E-state index is 13.7. The number of carbonyl (C=O) groups excluding carboxylic acids is 1. The molecule has 0 aliphatic carbocycles. The zero-order valence-corrected chi connectivity index (χ0v) is 12.0. The van der Waals surface area contributed by atoms with E-state index in [-0.39, 0.29) is 6.04 Å². The van der Waals surface area contributed by atoms with Gasteiger partial charge >= 0.3 is 0 Å². The number of rotatable bonds is 4. The quantitative estimate of drug-likeness (QED) is 0.867. The second-order valence-electron chi connectivity index (χ2n) is 5.21. The highest BCUT2D eigenvalue weighted by Gasteiger charge is 2.25. The molecular formula is C15H19F3N2O. The lowest BCUT2D eigenvalue weighted by Gasteiger charge is -2.30. The molecule has 1 atom stereocenters. The number of nitrogens with one attached hydrogen (secondary N) is 1. The fraction of sp³-hybridized carbons (Fsp3) is 0.533. The van der Waals surface area contributed by atoms with Crippen molar-refractivity contribution in [1.82, 2.24) is 10.2 Å². The number of halogens is 3. The first-order chi connectivity index (χ1) is 10.0. The lowest BCUT2D eigenvalue weighted by molar-refractivity contribution is 0.0735. The van der Waals surface area contributed by atoms with Crippen molar-refractivity contribution < 1.29 is 18.0 Å². The third kappa shape index (κ3) is 3.56. The highest BCUT2D eigenvalue weighted by Crippen LogP contribution is 2.18. The van der Waals surface area contributed by atoms with Gasteiger partial charge in [0.05, 0.1) is 5.56 Å². The van der Waals surface area contributed by atoms with Crippen LogP contribution in [0.1, 0.15) is 36.5 Å². The molecule has 6 heteroatoms. The van der Waals surface area contributed by atoms with Crippen molar-refractivity contribution in [3.63, 3.8) is 0 Å². The van der Waals surface area contributed by atoms with Crippen LogP contribution in [0.15, 0.2) is 12.1 Å². The molecule has 1 amide bonds. The number of likely N-dealkylation sites (N-methyl/N-ethyl adjacent to an activating group) is 1. The summed E-state index contributed by atoms with van der Waals surface area (Å²) in [7, 11) is 0. The molecule has 116 valence electrons. The van der Waals surface area contributed by atoms with Gasteiger partial charge in [-0.1, -0.05) is 6.42 Å². The standard InChI is InChI=1S/C15H19F3N2O/c1-2-20(9-10-5-3-4-8-19-10)15(21)11-6-7-12(16)14(18)13(11)17/h6-7,10,19H,2-5,8-9H2,1H3. The summed E-state index contributed by atoms with van der Waals surface area (Å²) >= 11 is 0. The molecule has 0 radical (unpaired) electrons. The van der Waals surface area contributed by atoms with Gasteiger partial charge in [0.25, 0.3) is 5.91 Å². The summed E-state index contributed by atoms with van der Waals surface area (Å²) in [6.45, 7) is 3.50. The first-order valence-electron chi connectivity index (χ1n) is 7.20. The largest absolute Gasteiger partial charge is 0.337 e. The Morgan fingerprint density at radius 2 is 2.05 bits per heavy atom. The van der Waals surface area contributed by atoms with Crippen LogP contribution >= 0.6 is 0 Å². The molecule has 1 N–H and O–H groups in total. The van der Waals surface area contributed by atoms with Gasteiger partial charge in [-0.3, -0.25) is 4.79 Å². The minimum Gasteiger partial charge on any atom is -0.337 e. The van der Waals surface area contributed by atoms with Crippen LogP contribution in [0.5, 0.6) is 0 Å². The molecule has 3 nitrogen and oxygen atoms in total. The zero-order valence-electron chi connectivity index (χ0n) is 12.0. The molecule has 1 fully saturated rings. The molecule has 0 aromatic heterocycles. The Hall–Kier alpha value is -1.56. The number of carbonyl (C=O) groups is 1. The molecule has 21 heavy (non-hydrogen) atoms. The van der Waals surface area contributed by atoms with Crippen molar-refractivity contribution in [3.05, 3.63) is 35.1 Å². The first-order valence-corrected chi connectivity index (χ1v) is 7.20. The highest BCUT2D eigenvalue weighted by molar-refractivity contribution is 5.94. The minimum atomic E-state index is -1.60. The van der Waals surface area contributed by atoms with Gasteiger partial charge in [-0.05, 0) is 38.4 Å². The molecule has 1 aliphatic rings. The van der Waals surface area contributed by atoms with Crippen LogP contribution in [0.4, 0.5) is 13.2 Å². The van der Waals surface area contributed by atoms with Crippen molar-refractivity contribution in [2.45, 2.75) is 32.2 Å². The molecule has 0 bridgehead atoms. The lowest BCUT2D eigenvalue weighted by atomic mass is 10.0. The van der Waals surface area contributed by atoms with E-state index in [0.29, 0.717) is 13.1 Å². The Kier molecular flexibility index (Phi) is 5.22. The number of nitrogens with zero attached hydrogens (tertiary/aromatic N) is 1. The van der Waals surface area contributed by atoms with Crippen LogP contribution in [0, 0.1) is 17.5 Å². The summed E-state index contributed by atoms with van der Waals surface area (Å²) in [4.78, 5) is 13.8. The normalized spacial score (nSPS) is 18.6. The van der Waals surface area contributed by atoms with E-state index in [1.807, 2.05) is 0 Å². The SMILES string of the molecule is CCN(CC1CCCCN1)C(=O)c1ccc(F)c(F)c1F. The predicted octanol–water partition coefficient (Wildman–Crippen LogP) is 2.71. The van der Waals surface area contributed by atoms with Gasteiger partial charge in [-0.2, -0.15) is 0 Å². The summed E-state index contributed by atoms with van der Waals surface area (Å²) in [6.07, 6.45) is 3.14. The summed E-state index contributed by atoms with van der Waals surface area (Å²) < 4.78 is 39.9. The van der Waals surface area contributed by atoms with Crippen LogP contribution in [0.3, 0.4) is 0 Å². The Morgan fingerprint density at radius 1 is 1.29 bits per heavy atom. The Bertz CT molecular complexity index is 516. The fourth-order valence-corrected chi connectivity index (χ4v) is 2.56. The van der Waals surface area contributed by atoms with E-state index >= 15 is 0 Å². The van der Waals surface area contributed by atoms with E-state index in [0.717, 1.165) is 37.9 Å². The van der Waals surface area contributed by atoms with Gasteiger partial charge in [-0.25, -0.2) is 13.2 Å². The van der Waals surface area contributed by atoms with Gasteiger partial charge in [0.15, 0.2) is 17.5 Å². The van der Waals surface area contributed by atoms with E-state index in [1.54, 1.807) is 6.92 Å². The average molecular weight is 300 g/mol. The maximum absolute atomic E-state index is 13.7. The summed E-state index contributed by atoms with van der Waals surface area (Å²) in [6, 6.07) is 1.93. The van der Waals surface area contributed by atoms with E-state index in [2.05, 4.69) is 5.32 Å². The second kappa shape index (κ2) is 6.93. The molecule has 1 aliphatic heterocycles. The monoisotopic (exact) mass is 300 g/mol. The molecule has 0 saturated carbocycles. The van der Waals surface area contributed by atoms with E-state index < -0.39 is 28.9 Å². The fourth-order valence-electron chi connectivity index (χ4n) is 2.56. The van der Waals surface area contributed by atoms with Crippen molar-refractivity contribution in [1.29, 1.82) is 0 Å². The van der Waals surface area contributed by atoms with Gasteiger partial charge in [0.2, 0.25) is 0 Å². The number of amides is 1. The molecule has 1 saturated heterocycles. The number of benzene rings is 1.